The van der Waals surface area contributed by atoms with Crippen LogP contribution in [-0.4, -0.2) is 16.2 Å². The first kappa shape index (κ1) is 12.9. The standard InChI is InChI=1S/C9H8ClN3O4/c1-6(10)12-17-9(14)11-7-2-4-8(5-3-7)13(15)16/h2-5H,1H3,(H,11,14)/b12-6-. The normalized spacial score (nSPS) is 10.8. The lowest BCUT2D eigenvalue weighted by atomic mass is 10.3. The minimum atomic E-state index is -0.834. The molecule has 1 rings (SSSR count). The molecular weight excluding hydrogens is 250 g/mol. The number of nitrogens with zero attached hydrogens (tertiary/aromatic N) is 2. The Kier molecular flexibility index (Phi) is 4.41. The molecule has 0 heterocycles. The molecule has 1 amide bonds. The van der Waals surface area contributed by atoms with Crippen molar-refractivity contribution in [3.05, 3.63) is 34.4 Å². The largest absolute Gasteiger partial charge is 0.437 e. The fourth-order valence-corrected chi connectivity index (χ4v) is 0.946. The number of hydrogen-bond donors (Lipinski definition) is 1. The topological polar surface area (TPSA) is 93.8 Å². The van der Waals surface area contributed by atoms with Gasteiger partial charge in [-0.2, -0.15) is 0 Å². The highest BCUT2D eigenvalue weighted by atomic mass is 35.5. The Balaban J connectivity index is 2.60. The highest BCUT2D eigenvalue weighted by Gasteiger charge is 2.06. The van der Waals surface area contributed by atoms with Gasteiger partial charge >= 0.3 is 6.09 Å². The fraction of sp³-hybridized carbons (Fsp3) is 0.111. The van der Waals surface area contributed by atoms with Gasteiger partial charge in [-0.15, -0.1) is 0 Å². The number of nitro groups is 1. The number of nitro benzene ring substituents is 1. The maximum atomic E-state index is 11.1. The summed E-state index contributed by atoms with van der Waals surface area (Å²) in [5.74, 6) is 0. The summed E-state index contributed by atoms with van der Waals surface area (Å²) in [5, 5.41) is 16.0. The van der Waals surface area contributed by atoms with E-state index in [9.17, 15) is 14.9 Å². The van der Waals surface area contributed by atoms with Gasteiger partial charge in [-0.25, -0.2) is 4.79 Å². The van der Waals surface area contributed by atoms with Gasteiger partial charge in [0.1, 0.15) is 5.17 Å². The van der Waals surface area contributed by atoms with Crippen molar-refractivity contribution in [2.45, 2.75) is 6.92 Å². The maximum absolute atomic E-state index is 11.1. The summed E-state index contributed by atoms with van der Waals surface area (Å²) in [6.07, 6.45) is -0.834. The van der Waals surface area contributed by atoms with E-state index in [1.807, 2.05) is 0 Å². The van der Waals surface area contributed by atoms with Gasteiger partial charge in [0.05, 0.1) is 4.92 Å². The third-order valence-corrected chi connectivity index (χ3v) is 1.65. The molecule has 0 bridgehead atoms. The second-order valence-corrected chi connectivity index (χ2v) is 3.44. The number of carbonyl (C=O) groups is 1. The van der Waals surface area contributed by atoms with E-state index >= 15 is 0 Å². The molecule has 0 unspecified atom stereocenters. The van der Waals surface area contributed by atoms with Crippen LogP contribution in [0.5, 0.6) is 0 Å². The molecule has 17 heavy (non-hydrogen) atoms. The monoisotopic (exact) mass is 257 g/mol. The van der Waals surface area contributed by atoms with Crippen molar-refractivity contribution in [2.24, 2.45) is 5.16 Å². The van der Waals surface area contributed by atoms with E-state index in [0.717, 1.165) is 0 Å². The van der Waals surface area contributed by atoms with Crippen LogP contribution in [0.2, 0.25) is 0 Å². The number of carbonyl (C=O) groups excluding carboxylic acids is 1. The van der Waals surface area contributed by atoms with E-state index in [0.29, 0.717) is 5.69 Å². The molecular formula is C9H8ClN3O4. The number of rotatable bonds is 3. The van der Waals surface area contributed by atoms with Crippen molar-refractivity contribution >= 4 is 34.2 Å². The first-order valence-electron chi connectivity index (χ1n) is 4.41. The van der Waals surface area contributed by atoms with Gasteiger partial charge < -0.3 is 0 Å². The lowest BCUT2D eigenvalue weighted by molar-refractivity contribution is -0.384. The Labute approximate surface area is 101 Å². The number of halogens is 1. The van der Waals surface area contributed by atoms with Crippen LogP contribution in [0.15, 0.2) is 29.4 Å². The third kappa shape index (κ3) is 4.47. The molecule has 0 saturated carbocycles. The van der Waals surface area contributed by atoms with Crippen molar-refractivity contribution in [2.75, 3.05) is 5.32 Å². The quantitative estimate of drug-likeness (QED) is 0.390. The number of benzene rings is 1. The van der Waals surface area contributed by atoms with Gasteiger partial charge in [0.15, 0.2) is 0 Å². The molecule has 1 N–H and O–H groups in total. The second-order valence-electron chi connectivity index (χ2n) is 2.90. The van der Waals surface area contributed by atoms with Crippen LogP contribution < -0.4 is 5.32 Å². The van der Waals surface area contributed by atoms with E-state index < -0.39 is 11.0 Å². The second kappa shape index (κ2) is 5.80. The number of amides is 1. The molecule has 1 aromatic carbocycles. The van der Waals surface area contributed by atoms with Gasteiger partial charge in [-0.05, 0) is 19.1 Å². The van der Waals surface area contributed by atoms with Gasteiger partial charge in [-0.3, -0.25) is 20.3 Å². The molecule has 90 valence electrons. The average Bonchev–Trinajstić information content (AvgIpc) is 2.27. The van der Waals surface area contributed by atoms with Crippen molar-refractivity contribution in [3.63, 3.8) is 0 Å². The maximum Gasteiger partial charge on any atom is 0.437 e. The molecule has 0 aromatic heterocycles. The zero-order valence-corrected chi connectivity index (χ0v) is 9.47. The van der Waals surface area contributed by atoms with Crippen LogP contribution in [-0.2, 0) is 4.84 Å². The Morgan fingerprint density at radius 2 is 2.06 bits per heavy atom. The van der Waals surface area contributed by atoms with E-state index in [1.54, 1.807) is 0 Å². The zero-order chi connectivity index (χ0) is 12.8. The van der Waals surface area contributed by atoms with Crippen molar-refractivity contribution in [1.29, 1.82) is 0 Å². The summed E-state index contributed by atoms with van der Waals surface area (Å²) in [4.78, 5) is 25.3. The lowest BCUT2D eigenvalue weighted by Crippen LogP contribution is -2.11. The summed E-state index contributed by atoms with van der Waals surface area (Å²) in [6.45, 7) is 1.45. The minimum Gasteiger partial charge on any atom is -0.297 e. The van der Waals surface area contributed by atoms with Crippen molar-refractivity contribution in [1.82, 2.24) is 0 Å². The van der Waals surface area contributed by atoms with Crippen LogP contribution in [0, 0.1) is 10.1 Å². The molecule has 0 saturated heterocycles. The van der Waals surface area contributed by atoms with Crippen LogP contribution in [0.1, 0.15) is 6.92 Å². The fourth-order valence-electron chi connectivity index (χ4n) is 0.912. The van der Waals surface area contributed by atoms with E-state index in [-0.39, 0.29) is 10.9 Å². The predicted octanol–water partition coefficient (Wildman–Crippen LogP) is 2.72. The van der Waals surface area contributed by atoms with Crippen LogP contribution in [0.4, 0.5) is 16.2 Å². The number of anilines is 1. The Morgan fingerprint density at radius 3 is 2.53 bits per heavy atom. The summed E-state index contributed by atoms with van der Waals surface area (Å²) in [6, 6.07) is 5.25. The molecule has 8 heteroatoms. The first-order chi connectivity index (χ1) is 7.99. The predicted molar refractivity (Wildman–Crippen MR) is 62.2 cm³/mol. The number of nitrogens with one attached hydrogen (secondary N) is 1. The zero-order valence-electron chi connectivity index (χ0n) is 8.71. The highest BCUT2D eigenvalue weighted by molar-refractivity contribution is 6.64. The Morgan fingerprint density at radius 1 is 1.47 bits per heavy atom. The first-order valence-corrected chi connectivity index (χ1v) is 4.79. The van der Waals surface area contributed by atoms with Crippen LogP contribution >= 0.6 is 11.6 Å². The van der Waals surface area contributed by atoms with E-state index in [1.165, 1.54) is 31.2 Å². The molecule has 0 fully saturated rings. The molecule has 0 spiro atoms. The SMILES string of the molecule is C/C(Cl)=N/OC(=O)Nc1ccc([N+](=O)[O-])cc1. The molecule has 0 atom stereocenters. The lowest BCUT2D eigenvalue weighted by Gasteiger charge is -2.01. The van der Waals surface area contributed by atoms with Crippen LogP contribution in [0.3, 0.4) is 0 Å². The molecule has 0 aliphatic heterocycles. The van der Waals surface area contributed by atoms with Crippen molar-refractivity contribution in [3.8, 4) is 0 Å². The summed E-state index contributed by atoms with van der Waals surface area (Å²) < 4.78 is 0. The van der Waals surface area contributed by atoms with Gasteiger partial charge in [0.25, 0.3) is 5.69 Å². The smallest absolute Gasteiger partial charge is 0.297 e. The molecule has 0 aliphatic rings. The molecule has 7 nitrogen and oxygen atoms in total. The van der Waals surface area contributed by atoms with Gasteiger partial charge in [0.2, 0.25) is 0 Å². The highest BCUT2D eigenvalue weighted by Crippen LogP contribution is 2.15. The van der Waals surface area contributed by atoms with E-state index in [4.69, 9.17) is 11.6 Å². The van der Waals surface area contributed by atoms with E-state index in [2.05, 4.69) is 15.3 Å². The summed E-state index contributed by atoms with van der Waals surface area (Å²) in [5.41, 5.74) is 0.279. The third-order valence-electron chi connectivity index (χ3n) is 1.58. The molecule has 0 radical (unpaired) electrons. The van der Waals surface area contributed by atoms with Gasteiger partial charge in [0, 0.05) is 17.8 Å². The Bertz CT molecular complexity index is 454. The summed E-state index contributed by atoms with van der Waals surface area (Å²) in [7, 11) is 0. The average molecular weight is 258 g/mol. The number of non-ortho nitro benzene ring substituents is 1. The minimum absolute atomic E-state index is 0.0708. The number of hydrogen-bond acceptors (Lipinski definition) is 5. The molecule has 1 aromatic rings. The summed E-state index contributed by atoms with van der Waals surface area (Å²) >= 11 is 5.35. The molecule has 0 aliphatic carbocycles. The van der Waals surface area contributed by atoms with Crippen molar-refractivity contribution < 1.29 is 14.6 Å². The Hall–Kier alpha value is -2.15. The van der Waals surface area contributed by atoms with Gasteiger partial charge in [-0.1, -0.05) is 16.8 Å². The van der Waals surface area contributed by atoms with Crippen LogP contribution in [0.25, 0.3) is 0 Å². The number of oxime groups is 1.